The second-order valence-corrected chi connectivity index (χ2v) is 7.67. The molecule has 1 atom stereocenters. The molecule has 21 heavy (non-hydrogen) atoms. The molecule has 120 valence electrons. The molecule has 3 saturated carbocycles. The van der Waals surface area contributed by atoms with Crippen LogP contribution in [-0.4, -0.2) is 21.8 Å². The molecule has 3 rings (SSSR count). The summed E-state index contributed by atoms with van der Waals surface area (Å²) in [4.78, 5) is 13.0. The summed E-state index contributed by atoms with van der Waals surface area (Å²) in [5.41, 5.74) is 0. The van der Waals surface area contributed by atoms with E-state index in [0.717, 1.165) is 77.0 Å². The number of carbonyl (C=O) groups is 1. The highest BCUT2D eigenvalue weighted by atomic mass is 16.5. The maximum Gasteiger partial charge on any atom is 0.175 e. The standard InChI is InChI=1S/C18H30O3/c19-17(14-9-3-4-10-14)16(13-7-1-2-8-13)18(20,21)15-11-5-6-12-15/h13-16,20-21H,1-12H2. The molecule has 3 aliphatic rings. The van der Waals surface area contributed by atoms with Crippen molar-refractivity contribution in [3.8, 4) is 0 Å². The number of hydrogen-bond donors (Lipinski definition) is 2. The first-order chi connectivity index (χ1) is 10.1. The topological polar surface area (TPSA) is 57.5 Å². The Labute approximate surface area is 128 Å². The van der Waals surface area contributed by atoms with E-state index in [0.29, 0.717) is 0 Å². The van der Waals surface area contributed by atoms with Crippen molar-refractivity contribution in [2.24, 2.45) is 23.7 Å². The molecule has 0 saturated heterocycles. The van der Waals surface area contributed by atoms with E-state index in [-0.39, 0.29) is 23.5 Å². The smallest absolute Gasteiger partial charge is 0.175 e. The first-order valence-corrected chi connectivity index (χ1v) is 9.09. The van der Waals surface area contributed by atoms with Crippen LogP contribution in [0.2, 0.25) is 0 Å². The van der Waals surface area contributed by atoms with Gasteiger partial charge >= 0.3 is 0 Å². The Bertz CT molecular complexity index is 359. The molecular weight excluding hydrogens is 264 g/mol. The van der Waals surface area contributed by atoms with Gasteiger partial charge in [0, 0.05) is 11.8 Å². The van der Waals surface area contributed by atoms with Crippen molar-refractivity contribution in [1.29, 1.82) is 0 Å². The van der Waals surface area contributed by atoms with E-state index in [1.807, 2.05) is 0 Å². The van der Waals surface area contributed by atoms with Crippen LogP contribution in [0.25, 0.3) is 0 Å². The number of Topliss-reactive ketones (excluding diaryl/α,β-unsaturated/α-hetero) is 1. The summed E-state index contributed by atoms with van der Waals surface area (Å²) in [6.07, 6.45) is 12.3. The second kappa shape index (κ2) is 6.37. The molecule has 3 nitrogen and oxygen atoms in total. The van der Waals surface area contributed by atoms with E-state index in [9.17, 15) is 15.0 Å². The minimum atomic E-state index is -1.76. The molecule has 1 unspecified atom stereocenters. The van der Waals surface area contributed by atoms with Crippen LogP contribution in [0.3, 0.4) is 0 Å². The lowest BCUT2D eigenvalue weighted by Crippen LogP contribution is -2.52. The molecule has 0 aromatic rings. The van der Waals surface area contributed by atoms with Crippen molar-refractivity contribution >= 4 is 5.78 Å². The summed E-state index contributed by atoms with van der Waals surface area (Å²) in [6.45, 7) is 0. The predicted molar refractivity (Wildman–Crippen MR) is 81.5 cm³/mol. The Morgan fingerprint density at radius 2 is 1.29 bits per heavy atom. The molecule has 3 aliphatic carbocycles. The number of aliphatic hydroxyl groups is 2. The average molecular weight is 294 g/mol. The molecule has 0 bridgehead atoms. The molecule has 0 amide bonds. The number of rotatable bonds is 5. The lowest BCUT2D eigenvalue weighted by atomic mass is 9.72. The highest BCUT2D eigenvalue weighted by molar-refractivity contribution is 5.85. The normalized spacial score (nSPS) is 27.5. The molecule has 0 heterocycles. The maximum atomic E-state index is 13.0. The van der Waals surface area contributed by atoms with Crippen LogP contribution in [0.1, 0.15) is 77.0 Å². The van der Waals surface area contributed by atoms with Gasteiger partial charge in [0.05, 0.1) is 5.92 Å². The molecule has 3 heteroatoms. The van der Waals surface area contributed by atoms with Gasteiger partial charge < -0.3 is 10.2 Å². The van der Waals surface area contributed by atoms with Crippen LogP contribution in [0.15, 0.2) is 0 Å². The van der Waals surface area contributed by atoms with Crippen LogP contribution in [0.5, 0.6) is 0 Å². The van der Waals surface area contributed by atoms with Gasteiger partial charge in [-0.05, 0) is 44.4 Å². The largest absolute Gasteiger partial charge is 0.365 e. The second-order valence-electron chi connectivity index (χ2n) is 7.67. The Balaban J connectivity index is 1.81. The molecule has 0 aromatic carbocycles. The lowest BCUT2D eigenvalue weighted by molar-refractivity contribution is -0.242. The maximum absolute atomic E-state index is 13.0. The summed E-state index contributed by atoms with van der Waals surface area (Å²) < 4.78 is 0. The lowest BCUT2D eigenvalue weighted by Gasteiger charge is -2.39. The summed E-state index contributed by atoms with van der Waals surface area (Å²) in [7, 11) is 0. The number of carbonyl (C=O) groups excluding carboxylic acids is 1. The van der Waals surface area contributed by atoms with Crippen LogP contribution in [-0.2, 0) is 4.79 Å². The first kappa shape index (κ1) is 15.5. The van der Waals surface area contributed by atoms with Gasteiger partial charge in [0.1, 0.15) is 5.78 Å². The SMILES string of the molecule is O=C(C1CCCC1)C(C1CCCC1)C(O)(O)C1CCCC1. The number of ketones is 1. The molecule has 0 radical (unpaired) electrons. The molecule has 2 N–H and O–H groups in total. The highest BCUT2D eigenvalue weighted by Crippen LogP contribution is 2.46. The number of hydrogen-bond acceptors (Lipinski definition) is 3. The van der Waals surface area contributed by atoms with E-state index in [2.05, 4.69) is 0 Å². The van der Waals surface area contributed by atoms with E-state index in [1.165, 1.54) is 0 Å². The Morgan fingerprint density at radius 1 is 0.810 bits per heavy atom. The van der Waals surface area contributed by atoms with Crippen LogP contribution >= 0.6 is 0 Å². The van der Waals surface area contributed by atoms with Gasteiger partial charge in [-0.1, -0.05) is 38.5 Å². The fraction of sp³-hybridized carbons (Fsp3) is 0.944. The van der Waals surface area contributed by atoms with Gasteiger partial charge in [0.2, 0.25) is 0 Å². The Kier molecular flexibility index (Phi) is 4.70. The van der Waals surface area contributed by atoms with Gasteiger partial charge in [-0.25, -0.2) is 0 Å². The van der Waals surface area contributed by atoms with Crippen molar-refractivity contribution in [3.05, 3.63) is 0 Å². The van der Waals surface area contributed by atoms with Gasteiger partial charge in [-0.3, -0.25) is 4.79 Å². The predicted octanol–water partition coefficient (Wildman–Crippen LogP) is 3.42. The van der Waals surface area contributed by atoms with E-state index < -0.39 is 11.7 Å². The third kappa shape index (κ3) is 3.05. The van der Waals surface area contributed by atoms with Crippen LogP contribution in [0.4, 0.5) is 0 Å². The van der Waals surface area contributed by atoms with Crippen LogP contribution in [0, 0.1) is 23.7 Å². The third-order valence-corrected chi connectivity index (χ3v) is 6.35. The molecular formula is C18H30O3. The van der Waals surface area contributed by atoms with Gasteiger partial charge in [-0.15, -0.1) is 0 Å². The van der Waals surface area contributed by atoms with Gasteiger partial charge in [-0.2, -0.15) is 0 Å². The van der Waals surface area contributed by atoms with E-state index >= 15 is 0 Å². The zero-order chi connectivity index (χ0) is 14.9. The highest BCUT2D eigenvalue weighted by Gasteiger charge is 2.51. The van der Waals surface area contributed by atoms with Gasteiger partial charge in [0.15, 0.2) is 5.79 Å². The zero-order valence-electron chi connectivity index (χ0n) is 13.1. The van der Waals surface area contributed by atoms with Crippen LogP contribution < -0.4 is 0 Å². The van der Waals surface area contributed by atoms with Crippen molar-refractivity contribution in [3.63, 3.8) is 0 Å². The minimum Gasteiger partial charge on any atom is -0.365 e. The summed E-state index contributed by atoms with van der Waals surface area (Å²) in [6, 6.07) is 0. The summed E-state index contributed by atoms with van der Waals surface area (Å²) in [5, 5.41) is 21.8. The molecule has 0 aliphatic heterocycles. The fourth-order valence-electron chi connectivity index (χ4n) is 5.15. The fourth-order valence-corrected chi connectivity index (χ4v) is 5.15. The third-order valence-electron chi connectivity index (χ3n) is 6.35. The van der Waals surface area contributed by atoms with Gasteiger partial charge in [0.25, 0.3) is 0 Å². The van der Waals surface area contributed by atoms with E-state index in [4.69, 9.17) is 0 Å². The first-order valence-electron chi connectivity index (χ1n) is 9.09. The quantitative estimate of drug-likeness (QED) is 0.764. The van der Waals surface area contributed by atoms with Crippen molar-refractivity contribution in [2.45, 2.75) is 82.8 Å². The van der Waals surface area contributed by atoms with Crippen molar-refractivity contribution < 1.29 is 15.0 Å². The van der Waals surface area contributed by atoms with Crippen molar-refractivity contribution in [2.75, 3.05) is 0 Å². The minimum absolute atomic E-state index is 0.0894. The summed E-state index contributed by atoms with van der Waals surface area (Å²) >= 11 is 0. The Hall–Kier alpha value is -0.410. The zero-order valence-corrected chi connectivity index (χ0v) is 13.1. The van der Waals surface area contributed by atoms with Crippen molar-refractivity contribution in [1.82, 2.24) is 0 Å². The monoisotopic (exact) mass is 294 g/mol. The molecule has 0 spiro atoms. The van der Waals surface area contributed by atoms with E-state index in [1.54, 1.807) is 0 Å². The molecule has 0 aromatic heterocycles. The molecule has 3 fully saturated rings. The average Bonchev–Trinajstić information content (AvgIpc) is 3.21. The Morgan fingerprint density at radius 3 is 1.86 bits per heavy atom. The summed E-state index contributed by atoms with van der Waals surface area (Å²) in [5.74, 6) is -1.90.